The summed E-state index contributed by atoms with van der Waals surface area (Å²) in [5, 5.41) is 8.03. The Morgan fingerprint density at radius 1 is 1.08 bits per heavy atom. The van der Waals surface area contributed by atoms with Crippen molar-refractivity contribution in [1.29, 1.82) is 0 Å². The van der Waals surface area contributed by atoms with E-state index >= 15 is 0 Å². The van der Waals surface area contributed by atoms with Crippen molar-refractivity contribution in [2.45, 2.75) is 12.8 Å². The molecule has 2 aromatic heterocycles. The van der Waals surface area contributed by atoms with Crippen LogP contribution in [0, 0.1) is 0 Å². The monoisotopic (exact) mass is 366 g/mol. The van der Waals surface area contributed by atoms with Crippen LogP contribution in [0.15, 0.2) is 60.2 Å². The fourth-order valence-electron chi connectivity index (χ4n) is 2.30. The molecule has 0 aliphatic carbocycles. The van der Waals surface area contributed by atoms with Crippen LogP contribution in [0.5, 0.6) is 0 Å². The molecule has 6 nitrogen and oxygen atoms in total. The maximum absolute atomic E-state index is 12.0. The van der Waals surface area contributed by atoms with Crippen molar-refractivity contribution in [3.63, 3.8) is 0 Å². The Kier molecular flexibility index (Phi) is 6.05. The van der Waals surface area contributed by atoms with E-state index in [1.807, 2.05) is 35.7 Å². The number of pyridine rings is 1. The van der Waals surface area contributed by atoms with Crippen molar-refractivity contribution in [3.8, 4) is 11.3 Å². The average molecular weight is 366 g/mol. The second-order valence-corrected chi connectivity index (χ2v) is 6.41. The molecule has 26 heavy (non-hydrogen) atoms. The van der Waals surface area contributed by atoms with Gasteiger partial charge < -0.3 is 10.6 Å². The van der Waals surface area contributed by atoms with Gasteiger partial charge in [0.15, 0.2) is 5.13 Å². The summed E-state index contributed by atoms with van der Waals surface area (Å²) < 4.78 is 0. The van der Waals surface area contributed by atoms with Crippen molar-refractivity contribution in [3.05, 3.63) is 65.8 Å². The number of rotatable bonds is 7. The van der Waals surface area contributed by atoms with Gasteiger partial charge in [-0.05, 0) is 30.7 Å². The van der Waals surface area contributed by atoms with Gasteiger partial charge in [0.25, 0.3) is 5.91 Å². The quantitative estimate of drug-likeness (QED) is 0.628. The number of thiazole rings is 1. The number of carbonyl (C=O) groups is 2. The van der Waals surface area contributed by atoms with Crippen LogP contribution in [0.3, 0.4) is 0 Å². The van der Waals surface area contributed by atoms with E-state index in [-0.39, 0.29) is 11.8 Å². The van der Waals surface area contributed by atoms with Gasteiger partial charge in [-0.2, -0.15) is 0 Å². The molecule has 0 aliphatic rings. The van der Waals surface area contributed by atoms with E-state index in [4.69, 9.17) is 0 Å². The predicted molar refractivity (Wildman–Crippen MR) is 102 cm³/mol. The van der Waals surface area contributed by atoms with Gasteiger partial charge in [0.1, 0.15) is 0 Å². The minimum atomic E-state index is -0.132. The first-order valence-electron chi connectivity index (χ1n) is 8.21. The minimum Gasteiger partial charge on any atom is -0.352 e. The molecule has 1 aromatic carbocycles. The van der Waals surface area contributed by atoms with Gasteiger partial charge >= 0.3 is 0 Å². The van der Waals surface area contributed by atoms with E-state index in [1.54, 1.807) is 24.5 Å². The number of hydrogen-bond acceptors (Lipinski definition) is 5. The highest BCUT2D eigenvalue weighted by molar-refractivity contribution is 7.14. The van der Waals surface area contributed by atoms with E-state index in [9.17, 15) is 9.59 Å². The number of nitrogens with one attached hydrogen (secondary N) is 2. The van der Waals surface area contributed by atoms with E-state index in [1.165, 1.54) is 11.3 Å². The Morgan fingerprint density at radius 2 is 1.92 bits per heavy atom. The highest BCUT2D eigenvalue weighted by Crippen LogP contribution is 2.24. The van der Waals surface area contributed by atoms with Crippen LogP contribution < -0.4 is 10.6 Å². The van der Waals surface area contributed by atoms with Gasteiger partial charge in [-0.25, -0.2) is 4.98 Å². The van der Waals surface area contributed by atoms with E-state index < -0.39 is 0 Å². The molecule has 0 aliphatic heterocycles. The van der Waals surface area contributed by atoms with Gasteiger partial charge in [0.05, 0.1) is 5.69 Å². The molecule has 0 saturated heterocycles. The normalized spacial score (nSPS) is 10.3. The molecule has 132 valence electrons. The average Bonchev–Trinajstić information content (AvgIpc) is 3.15. The lowest BCUT2D eigenvalue weighted by molar-refractivity contribution is -0.116. The third kappa shape index (κ3) is 4.97. The van der Waals surface area contributed by atoms with Crippen molar-refractivity contribution in [1.82, 2.24) is 15.3 Å². The lowest BCUT2D eigenvalue weighted by Gasteiger charge is -2.05. The van der Waals surface area contributed by atoms with Crippen molar-refractivity contribution >= 4 is 28.3 Å². The third-order valence-electron chi connectivity index (χ3n) is 3.61. The zero-order valence-electron chi connectivity index (χ0n) is 14.0. The predicted octanol–water partition coefficient (Wildman–Crippen LogP) is 3.35. The third-order valence-corrected chi connectivity index (χ3v) is 4.37. The zero-order chi connectivity index (χ0) is 18.2. The lowest BCUT2D eigenvalue weighted by atomic mass is 10.2. The fraction of sp³-hybridized carbons (Fsp3) is 0.158. The summed E-state index contributed by atoms with van der Waals surface area (Å²) >= 11 is 1.37. The molecule has 0 bridgehead atoms. The van der Waals surface area contributed by atoms with Crippen LogP contribution in [0.4, 0.5) is 5.13 Å². The number of anilines is 1. The molecule has 3 rings (SSSR count). The maximum Gasteiger partial charge on any atom is 0.251 e. The fourth-order valence-corrected chi connectivity index (χ4v) is 3.04. The summed E-state index contributed by atoms with van der Waals surface area (Å²) in [6.07, 6.45) is 4.31. The van der Waals surface area contributed by atoms with Gasteiger partial charge in [0.2, 0.25) is 5.91 Å². The summed E-state index contributed by atoms with van der Waals surface area (Å²) in [5.74, 6) is -0.252. The van der Waals surface area contributed by atoms with Crippen LogP contribution >= 0.6 is 11.3 Å². The SMILES string of the molecule is O=C(CCCNC(=O)c1ccccc1)Nc1nc(-c2cccnc2)cs1. The number of aromatic nitrogens is 2. The highest BCUT2D eigenvalue weighted by Gasteiger charge is 2.09. The smallest absolute Gasteiger partial charge is 0.251 e. The van der Waals surface area contributed by atoms with Crippen molar-refractivity contribution < 1.29 is 9.59 Å². The Hall–Kier alpha value is -3.06. The number of carbonyl (C=O) groups excluding carboxylic acids is 2. The van der Waals surface area contributed by atoms with Crippen molar-refractivity contribution in [2.75, 3.05) is 11.9 Å². The first-order chi connectivity index (χ1) is 12.7. The van der Waals surface area contributed by atoms with E-state index in [0.29, 0.717) is 30.1 Å². The Labute approximate surface area is 155 Å². The van der Waals surface area contributed by atoms with Crippen LogP contribution in [-0.4, -0.2) is 28.3 Å². The highest BCUT2D eigenvalue weighted by atomic mass is 32.1. The van der Waals surface area contributed by atoms with Crippen LogP contribution in [-0.2, 0) is 4.79 Å². The molecule has 0 saturated carbocycles. The zero-order valence-corrected chi connectivity index (χ0v) is 14.8. The Balaban J connectivity index is 1.41. The van der Waals surface area contributed by atoms with Crippen LogP contribution in [0.1, 0.15) is 23.2 Å². The largest absolute Gasteiger partial charge is 0.352 e. The Bertz CT molecular complexity index is 866. The maximum atomic E-state index is 12.0. The number of hydrogen-bond donors (Lipinski definition) is 2. The molecule has 0 unspecified atom stereocenters. The van der Waals surface area contributed by atoms with Gasteiger partial charge in [-0.3, -0.25) is 14.6 Å². The number of amides is 2. The Morgan fingerprint density at radius 3 is 2.69 bits per heavy atom. The summed E-state index contributed by atoms with van der Waals surface area (Å²) in [6.45, 7) is 0.444. The van der Waals surface area contributed by atoms with Gasteiger partial charge in [-0.1, -0.05) is 18.2 Å². The molecule has 7 heteroatoms. The number of nitrogens with zero attached hydrogens (tertiary/aromatic N) is 2. The molecular formula is C19H18N4O2S. The first-order valence-corrected chi connectivity index (χ1v) is 9.09. The van der Waals surface area contributed by atoms with Crippen LogP contribution in [0.2, 0.25) is 0 Å². The summed E-state index contributed by atoms with van der Waals surface area (Å²) in [4.78, 5) is 32.3. The lowest BCUT2D eigenvalue weighted by Crippen LogP contribution is -2.25. The molecular weight excluding hydrogens is 348 g/mol. The molecule has 2 amide bonds. The van der Waals surface area contributed by atoms with E-state index in [0.717, 1.165) is 11.3 Å². The van der Waals surface area contributed by atoms with E-state index in [2.05, 4.69) is 20.6 Å². The topological polar surface area (TPSA) is 84.0 Å². The second kappa shape index (κ2) is 8.87. The molecule has 0 radical (unpaired) electrons. The second-order valence-electron chi connectivity index (χ2n) is 5.55. The molecule has 2 N–H and O–H groups in total. The molecule has 3 aromatic rings. The molecule has 0 atom stereocenters. The molecule has 0 fully saturated rings. The van der Waals surface area contributed by atoms with Gasteiger partial charge in [-0.15, -0.1) is 11.3 Å². The van der Waals surface area contributed by atoms with Crippen LogP contribution in [0.25, 0.3) is 11.3 Å². The summed E-state index contributed by atoms with van der Waals surface area (Å²) in [5.41, 5.74) is 2.31. The summed E-state index contributed by atoms with van der Waals surface area (Å²) in [7, 11) is 0. The number of benzene rings is 1. The van der Waals surface area contributed by atoms with Crippen molar-refractivity contribution in [2.24, 2.45) is 0 Å². The van der Waals surface area contributed by atoms with Gasteiger partial charge in [0, 0.05) is 41.9 Å². The standard InChI is InChI=1S/C19H18N4O2S/c24-17(9-5-11-21-18(25)14-6-2-1-3-7-14)23-19-22-16(13-26-19)15-8-4-10-20-12-15/h1-4,6-8,10,12-13H,5,9,11H2,(H,21,25)(H,22,23,24). The minimum absolute atomic E-state index is 0.119. The molecule has 2 heterocycles. The summed E-state index contributed by atoms with van der Waals surface area (Å²) in [6, 6.07) is 12.8. The molecule has 0 spiro atoms. The first kappa shape index (κ1) is 17.8.